The number of aryl methyl sites for hydroxylation is 1. The molecule has 0 saturated heterocycles. The van der Waals surface area contributed by atoms with E-state index in [0.717, 1.165) is 15.8 Å². The first-order valence-electron chi connectivity index (χ1n) is 7.09. The van der Waals surface area contributed by atoms with Gasteiger partial charge in [0.2, 0.25) is 5.91 Å². The number of carbonyl (C=O) groups is 2. The van der Waals surface area contributed by atoms with E-state index in [4.69, 9.17) is 4.42 Å². The molecule has 2 amide bonds. The molecule has 0 atom stereocenters. The molecule has 3 rings (SSSR count). The van der Waals surface area contributed by atoms with Gasteiger partial charge >= 0.3 is 0 Å². The second-order valence-corrected chi connectivity index (χ2v) is 6.09. The highest BCUT2D eigenvalue weighted by atomic mass is 32.1. The predicted octanol–water partition coefficient (Wildman–Crippen LogP) is 2.96. The van der Waals surface area contributed by atoms with Crippen molar-refractivity contribution < 1.29 is 14.0 Å². The number of benzene rings is 1. The standard InChI is InChI=1S/C16H15N3O3S/c1-10-2-3-12-13(8-10)23-16(18-12)19-14(20)4-6-17-15(21)11-5-7-22-9-11/h2-3,5,7-9H,4,6H2,1H3,(H,17,21)(H,18,19,20). The lowest BCUT2D eigenvalue weighted by atomic mass is 10.2. The second kappa shape index (κ2) is 6.62. The van der Waals surface area contributed by atoms with Crippen LogP contribution in [0.1, 0.15) is 22.3 Å². The molecule has 0 unspecified atom stereocenters. The molecule has 0 spiro atoms. The summed E-state index contributed by atoms with van der Waals surface area (Å²) < 4.78 is 5.87. The summed E-state index contributed by atoms with van der Waals surface area (Å²) in [6, 6.07) is 7.52. The molecular weight excluding hydrogens is 314 g/mol. The molecule has 2 N–H and O–H groups in total. The minimum Gasteiger partial charge on any atom is -0.472 e. The highest BCUT2D eigenvalue weighted by Gasteiger charge is 2.10. The molecule has 0 aliphatic heterocycles. The number of hydrogen-bond donors (Lipinski definition) is 2. The van der Waals surface area contributed by atoms with Crippen molar-refractivity contribution in [2.75, 3.05) is 11.9 Å². The third-order valence-corrected chi connectivity index (χ3v) is 4.14. The minimum atomic E-state index is -0.262. The van der Waals surface area contributed by atoms with Crippen molar-refractivity contribution in [1.82, 2.24) is 10.3 Å². The lowest BCUT2D eigenvalue weighted by Gasteiger charge is -2.03. The molecule has 0 radical (unpaired) electrons. The van der Waals surface area contributed by atoms with Crippen LogP contribution in [0.2, 0.25) is 0 Å². The van der Waals surface area contributed by atoms with E-state index in [1.54, 1.807) is 6.07 Å². The smallest absolute Gasteiger partial charge is 0.254 e. The van der Waals surface area contributed by atoms with Gasteiger partial charge in [-0.3, -0.25) is 9.59 Å². The number of hydrogen-bond acceptors (Lipinski definition) is 5. The Morgan fingerprint density at radius 3 is 2.96 bits per heavy atom. The van der Waals surface area contributed by atoms with Crippen molar-refractivity contribution in [3.05, 3.63) is 47.9 Å². The van der Waals surface area contributed by atoms with Gasteiger partial charge in [-0.1, -0.05) is 17.4 Å². The number of fused-ring (bicyclic) bond motifs is 1. The summed E-state index contributed by atoms with van der Waals surface area (Å²) in [5.41, 5.74) is 2.46. The van der Waals surface area contributed by atoms with Crippen LogP contribution in [0, 0.1) is 6.92 Å². The molecular formula is C16H15N3O3S. The fourth-order valence-corrected chi connectivity index (χ4v) is 3.03. The zero-order chi connectivity index (χ0) is 16.2. The third-order valence-electron chi connectivity index (χ3n) is 3.21. The molecule has 0 aliphatic carbocycles. The third kappa shape index (κ3) is 3.75. The zero-order valence-corrected chi connectivity index (χ0v) is 13.3. The van der Waals surface area contributed by atoms with Gasteiger partial charge < -0.3 is 15.1 Å². The molecule has 0 fully saturated rings. The van der Waals surface area contributed by atoms with Gasteiger partial charge in [0.05, 0.1) is 22.0 Å². The van der Waals surface area contributed by atoms with Gasteiger partial charge in [-0.25, -0.2) is 4.98 Å². The summed E-state index contributed by atoms with van der Waals surface area (Å²) in [4.78, 5) is 28.0. The van der Waals surface area contributed by atoms with E-state index in [2.05, 4.69) is 15.6 Å². The number of carbonyl (C=O) groups excluding carboxylic acids is 2. The number of amides is 2. The Balaban J connectivity index is 1.51. The molecule has 2 aromatic heterocycles. The number of thiazole rings is 1. The number of aromatic nitrogens is 1. The number of rotatable bonds is 5. The first kappa shape index (κ1) is 15.2. The van der Waals surface area contributed by atoms with Crippen molar-refractivity contribution >= 4 is 38.5 Å². The Hall–Kier alpha value is -2.67. The molecule has 7 heteroatoms. The van der Waals surface area contributed by atoms with E-state index >= 15 is 0 Å². The van der Waals surface area contributed by atoms with Gasteiger partial charge in [0.1, 0.15) is 6.26 Å². The Labute approximate surface area is 136 Å². The fraction of sp³-hybridized carbons (Fsp3) is 0.188. The highest BCUT2D eigenvalue weighted by molar-refractivity contribution is 7.22. The van der Waals surface area contributed by atoms with E-state index in [1.807, 2.05) is 25.1 Å². The van der Waals surface area contributed by atoms with Crippen LogP contribution in [0.25, 0.3) is 10.2 Å². The Kier molecular flexibility index (Phi) is 4.38. The Morgan fingerprint density at radius 2 is 2.17 bits per heavy atom. The highest BCUT2D eigenvalue weighted by Crippen LogP contribution is 2.26. The van der Waals surface area contributed by atoms with Crippen LogP contribution in [-0.4, -0.2) is 23.3 Å². The maximum absolute atomic E-state index is 11.9. The largest absolute Gasteiger partial charge is 0.472 e. The second-order valence-electron chi connectivity index (χ2n) is 5.06. The molecule has 0 aliphatic rings. The lowest BCUT2D eigenvalue weighted by Crippen LogP contribution is -2.27. The lowest BCUT2D eigenvalue weighted by molar-refractivity contribution is -0.116. The number of anilines is 1. The van der Waals surface area contributed by atoms with Crippen LogP contribution in [0.4, 0.5) is 5.13 Å². The van der Waals surface area contributed by atoms with Crippen LogP contribution in [0.3, 0.4) is 0 Å². The van der Waals surface area contributed by atoms with Crippen LogP contribution in [-0.2, 0) is 4.79 Å². The predicted molar refractivity (Wildman–Crippen MR) is 88.6 cm³/mol. The zero-order valence-electron chi connectivity index (χ0n) is 12.5. The monoisotopic (exact) mass is 329 g/mol. The van der Waals surface area contributed by atoms with Gasteiger partial charge in [0.25, 0.3) is 5.91 Å². The first-order chi connectivity index (χ1) is 11.1. The van der Waals surface area contributed by atoms with E-state index in [1.165, 1.54) is 23.9 Å². The van der Waals surface area contributed by atoms with Crippen LogP contribution in [0.15, 0.2) is 41.2 Å². The van der Waals surface area contributed by atoms with E-state index in [9.17, 15) is 9.59 Å². The topological polar surface area (TPSA) is 84.2 Å². The summed E-state index contributed by atoms with van der Waals surface area (Å²) in [7, 11) is 0. The minimum absolute atomic E-state index is 0.179. The van der Waals surface area contributed by atoms with Crippen molar-refractivity contribution in [2.45, 2.75) is 13.3 Å². The van der Waals surface area contributed by atoms with Crippen LogP contribution < -0.4 is 10.6 Å². The number of furan rings is 1. The molecule has 6 nitrogen and oxygen atoms in total. The van der Waals surface area contributed by atoms with Gasteiger partial charge in [0, 0.05) is 13.0 Å². The van der Waals surface area contributed by atoms with Crippen molar-refractivity contribution in [2.24, 2.45) is 0 Å². The SMILES string of the molecule is Cc1ccc2nc(NC(=O)CCNC(=O)c3ccoc3)sc2c1. The summed E-state index contributed by atoms with van der Waals surface area (Å²) in [5.74, 6) is -0.449. The number of nitrogens with zero attached hydrogens (tertiary/aromatic N) is 1. The quantitative estimate of drug-likeness (QED) is 0.754. The van der Waals surface area contributed by atoms with Crippen LogP contribution in [0.5, 0.6) is 0 Å². The Bertz CT molecular complexity index is 840. The van der Waals surface area contributed by atoms with Crippen molar-refractivity contribution in [3.63, 3.8) is 0 Å². The van der Waals surface area contributed by atoms with Crippen molar-refractivity contribution in [3.8, 4) is 0 Å². The van der Waals surface area contributed by atoms with E-state index < -0.39 is 0 Å². The average molecular weight is 329 g/mol. The van der Waals surface area contributed by atoms with Crippen molar-refractivity contribution in [1.29, 1.82) is 0 Å². The van der Waals surface area contributed by atoms with E-state index in [0.29, 0.717) is 10.7 Å². The molecule has 0 saturated carbocycles. The summed E-state index contributed by atoms with van der Waals surface area (Å²) in [6.07, 6.45) is 2.97. The van der Waals surface area contributed by atoms with Gasteiger partial charge in [-0.05, 0) is 30.7 Å². The maximum Gasteiger partial charge on any atom is 0.254 e. The molecule has 23 heavy (non-hydrogen) atoms. The summed E-state index contributed by atoms with van der Waals surface area (Å²) in [5, 5.41) is 5.98. The van der Waals surface area contributed by atoms with E-state index in [-0.39, 0.29) is 24.8 Å². The number of nitrogens with one attached hydrogen (secondary N) is 2. The summed E-state index contributed by atoms with van der Waals surface area (Å²) in [6.45, 7) is 2.26. The van der Waals surface area contributed by atoms with Gasteiger partial charge in [-0.15, -0.1) is 0 Å². The van der Waals surface area contributed by atoms with Crippen LogP contribution >= 0.6 is 11.3 Å². The normalized spacial score (nSPS) is 10.7. The maximum atomic E-state index is 11.9. The molecule has 1 aromatic carbocycles. The first-order valence-corrected chi connectivity index (χ1v) is 7.91. The van der Waals surface area contributed by atoms with Gasteiger partial charge in [-0.2, -0.15) is 0 Å². The Morgan fingerprint density at radius 1 is 1.30 bits per heavy atom. The average Bonchev–Trinajstić information content (AvgIpc) is 3.15. The summed E-state index contributed by atoms with van der Waals surface area (Å²) >= 11 is 1.43. The van der Waals surface area contributed by atoms with Gasteiger partial charge in [0.15, 0.2) is 5.13 Å². The fourth-order valence-electron chi connectivity index (χ4n) is 2.05. The molecule has 3 aromatic rings. The molecule has 2 heterocycles. The molecule has 118 valence electrons. The molecule has 0 bridgehead atoms.